The third-order valence-electron chi connectivity index (χ3n) is 2.30. The maximum Gasteiger partial charge on any atom is 0.422 e. The largest absolute Gasteiger partial charge is 0.468 e. The van der Waals surface area contributed by atoms with Crippen molar-refractivity contribution in [1.29, 1.82) is 0 Å². The maximum atomic E-state index is 11.9. The van der Waals surface area contributed by atoms with Gasteiger partial charge in [0.25, 0.3) is 0 Å². The first kappa shape index (κ1) is 17.7. The Morgan fingerprint density at radius 3 is 2.52 bits per heavy atom. The highest BCUT2D eigenvalue weighted by molar-refractivity contribution is 7.89. The monoisotopic (exact) mass is 327 g/mol. The lowest BCUT2D eigenvalue weighted by Crippen LogP contribution is -2.27. The highest BCUT2D eigenvalue weighted by Gasteiger charge is 2.28. The van der Waals surface area contributed by atoms with Crippen LogP contribution in [0.5, 0.6) is 5.88 Å². The van der Waals surface area contributed by atoms with Crippen LogP contribution < -0.4 is 14.8 Å². The number of alkyl halides is 3. The van der Waals surface area contributed by atoms with Crippen LogP contribution in [0.25, 0.3) is 0 Å². The highest BCUT2D eigenvalue weighted by atomic mass is 32.2. The summed E-state index contributed by atoms with van der Waals surface area (Å²) in [6.07, 6.45) is -2.91. The standard InChI is InChI=1S/C11H16F3N3O3S/c1-15-5-2-6-17-21(18,19)9-3-4-10(16-7-9)20-8-11(12,13)14/h3-4,7,15,17H,2,5-6,8H2,1H3. The van der Waals surface area contributed by atoms with Gasteiger partial charge in [-0.15, -0.1) is 0 Å². The molecular weight excluding hydrogens is 311 g/mol. The van der Waals surface area contributed by atoms with Crippen LogP contribution in [0.15, 0.2) is 23.2 Å². The van der Waals surface area contributed by atoms with Crippen LogP contribution in [0.2, 0.25) is 0 Å². The van der Waals surface area contributed by atoms with Crippen LogP contribution >= 0.6 is 0 Å². The second-order valence-corrected chi connectivity index (χ2v) is 5.86. The molecule has 0 aromatic carbocycles. The molecule has 0 aliphatic carbocycles. The number of hydrogen-bond donors (Lipinski definition) is 2. The summed E-state index contributed by atoms with van der Waals surface area (Å²) in [5, 5.41) is 2.87. The van der Waals surface area contributed by atoms with E-state index < -0.39 is 22.8 Å². The van der Waals surface area contributed by atoms with Crippen LogP contribution in [0, 0.1) is 0 Å². The van der Waals surface area contributed by atoms with Crippen LogP contribution in [-0.2, 0) is 10.0 Å². The number of nitrogens with zero attached hydrogens (tertiary/aromatic N) is 1. The average molecular weight is 327 g/mol. The van der Waals surface area contributed by atoms with Crippen molar-refractivity contribution in [3.63, 3.8) is 0 Å². The Hall–Kier alpha value is -1.39. The summed E-state index contributed by atoms with van der Waals surface area (Å²) in [4.78, 5) is 3.41. The second kappa shape index (κ2) is 7.57. The van der Waals surface area contributed by atoms with Crippen molar-refractivity contribution in [2.24, 2.45) is 0 Å². The zero-order valence-corrected chi connectivity index (χ0v) is 12.1. The van der Waals surface area contributed by atoms with Crippen molar-refractivity contribution in [3.8, 4) is 5.88 Å². The lowest BCUT2D eigenvalue weighted by molar-refractivity contribution is -0.154. The van der Waals surface area contributed by atoms with Gasteiger partial charge in [0.2, 0.25) is 15.9 Å². The number of hydrogen-bond acceptors (Lipinski definition) is 5. The van der Waals surface area contributed by atoms with E-state index in [-0.39, 0.29) is 17.3 Å². The number of rotatable bonds is 8. The Labute approximate surface area is 120 Å². The Balaban J connectivity index is 2.60. The number of nitrogens with one attached hydrogen (secondary N) is 2. The summed E-state index contributed by atoms with van der Waals surface area (Å²) in [5.41, 5.74) is 0. The predicted octanol–water partition coefficient (Wildman–Crippen LogP) is 0.911. The fourth-order valence-corrected chi connectivity index (χ4v) is 2.34. The van der Waals surface area contributed by atoms with Gasteiger partial charge in [0.05, 0.1) is 6.20 Å². The van der Waals surface area contributed by atoms with E-state index in [0.29, 0.717) is 13.0 Å². The minimum atomic E-state index is -4.47. The molecule has 0 amide bonds. The highest BCUT2D eigenvalue weighted by Crippen LogP contribution is 2.18. The summed E-state index contributed by atoms with van der Waals surface area (Å²) in [6.45, 7) is -0.575. The SMILES string of the molecule is CNCCCNS(=O)(=O)c1ccc(OCC(F)(F)F)nc1. The Kier molecular flexibility index (Phi) is 6.37. The normalized spacial score (nSPS) is 12.4. The zero-order chi connectivity index (χ0) is 15.9. The maximum absolute atomic E-state index is 11.9. The van der Waals surface area contributed by atoms with E-state index in [0.717, 1.165) is 18.3 Å². The molecule has 1 aromatic rings. The van der Waals surface area contributed by atoms with Crippen LogP contribution in [0.1, 0.15) is 6.42 Å². The van der Waals surface area contributed by atoms with E-state index in [9.17, 15) is 21.6 Å². The van der Waals surface area contributed by atoms with Crippen LogP contribution in [-0.4, -0.2) is 46.3 Å². The van der Waals surface area contributed by atoms with Crippen molar-refractivity contribution < 1.29 is 26.3 Å². The summed E-state index contributed by atoms with van der Waals surface area (Å²) >= 11 is 0. The van der Waals surface area contributed by atoms with E-state index in [4.69, 9.17) is 0 Å². The van der Waals surface area contributed by atoms with Crippen molar-refractivity contribution in [3.05, 3.63) is 18.3 Å². The smallest absolute Gasteiger partial charge is 0.422 e. The van der Waals surface area contributed by atoms with Gasteiger partial charge in [0, 0.05) is 12.6 Å². The lowest BCUT2D eigenvalue weighted by Gasteiger charge is -2.09. The number of pyridine rings is 1. The molecule has 0 spiro atoms. The lowest BCUT2D eigenvalue weighted by atomic mass is 10.4. The Morgan fingerprint density at radius 2 is 2.00 bits per heavy atom. The number of sulfonamides is 1. The Bertz CT molecular complexity index is 532. The van der Waals surface area contributed by atoms with Gasteiger partial charge >= 0.3 is 6.18 Å². The molecule has 21 heavy (non-hydrogen) atoms. The van der Waals surface area contributed by atoms with Crippen molar-refractivity contribution in [2.45, 2.75) is 17.5 Å². The minimum absolute atomic E-state index is 0.133. The molecule has 1 heterocycles. The Morgan fingerprint density at radius 1 is 1.29 bits per heavy atom. The molecule has 10 heteroatoms. The molecule has 0 bridgehead atoms. The molecule has 0 aliphatic rings. The first-order chi connectivity index (χ1) is 9.74. The fraction of sp³-hybridized carbons (Fsp3) is 0.545. The molecule has 2 N–H and O–H groups in total. The van der Waals surface area contributed by atoms with Gasteiger partial charge in [-0.3, -0.25) is 0 Å². The minimum Gasteiger partial charge on any atom is -0.468 e. The summed E-state index contributed by atoms with van der Waals surface area (Å²) in [5.74, 6) is -0.290. The molecule has 0 radical (unpaired) electrons. The van der Waals surface area contributed by atoms with E-state index >= 15 is 0 Å². The third kappa shape index (κ3) is 6.74. The molecule has 0 saturated heterocycles. The molecule has 0 saturated carbocycles. The number of ether oxygens (including phenoxy) is 1. The molecule has 0 aliphatic heterocycles. The van der Waals surface area contributed by atoms with Gasteiger partial charge in [-0.1, -0.05) is 0 Å². The summed E-state index contributed by atoms with van der Waals surface area (Å²) in [6, 6.07) is 2.22. The molecule has 1 aromatic heterocycles. The number of aromatic nitrogens is 1. The average Bonchev–Trinajstić information content (AvgIpc) is 2.41. The van der Waals surface area contributed by atoms with Gasteiger partial charge in [-0.2, -0.15) is 13.2 Å². The van der Waals surface area contributed by atoms with Crippen LogP contribution in [0.4, 0.5) is 13.2 Å². The third-order valence-corrected chi connectivity index (χ3v) is 3.75. The van der Waals surface area contributed by atoms with Crippen molar-refractivity contribution in [1.82, 2.24) is 15.0 Å². The topological polar surface area (TPSA) is 80.3 Å². The molecule has 0 atom stereocenters. The van der Waals surface area contributed by atoms with Gasteiger partial charge in [-0.25, -0.2) is 18.1 Å². The first-order valence-corrected chi connectivity index (χ1v) is 7.53. The van der Waals surface area contributed by atoms with E-state index in [1.165, 1.54) is 0 Å². The van der Waals surface area contributed by atoms with E-state index in [1.54, 1.807) is 7.05 Å². The van der Waals surface area contributed by atoms with E-state index in [2.05, 4.69) is 19.8 Å². The van der Waals surface area contributed by atoms with Crippen molar-refractivity contribution >= 4 is 10.0 Å². The van der Waals surface area contributed by atoms with Gasteiger partial charge in [-0.05, 0) is 26.1 Å². The van der Waals surface area contributed by atoms with Crippen LogP contribution in [0.3, 0.4) is 0 Å². The van der Waals surface area contributed by atoms with Gasteiger partial charge in [0.1, 0.15) is 4.90 Å². The quantitative estimate of drug-likeness (QED) is 0.694. The molecule has 120 valence electrons. The zero-order valence-electron chi connectivity index (χ0n) is 11.3. The molecule has 0 unspecified atom stereocenters. The second-order valence-electron chi connectivity index (χ2n) is 4.09. The molecular formula is C11H16F3N3O3S. The summed E-state index contributed by atoms with van der Waals surface area (Å²) in [7, 11) is -1.97. The first-order valence-electron chi connectivity index (χ1n) is 6.04. The van der Waals surface area contributed by atoms with Gasteiger partial charge < -0.3 is 10.1 Å². The molecule has 6 nitrogen and oxygen atoms in total. The van der Waals surface area contributed by atoms with Crippen molar-refractivity contribution in [2.75, 3.05) is 26.7 Å². The van der Waals surface area contributed by atoms with Gasteiger partial charge in [0.15, 0.2) is 6.61 Å². The number of halogens is 3. The predicted molar refractivity (Wildman–Crippen MR) is 69.5 cm³/mol. The molecule has 0 fully saturated rings. The molecule has 1 rings (SSSR count). The van der Waals surface area contributed by atoms with E-state index in [1.807, 2.05) is 0 Å². The fourth-order valence-electron chi connectivity index (χ4n) is 1.32. The summed E-state index contributed by atoms with van der Waals surface area (Å²) < 4.78 is 66.3.